The van der Waals surface area contributed by atoms with E-state index in [2.05, 4.69) is 49.9 Å². The molecule has 0 N–H and O–H groups in total. The Morgan fingerprint density at radius 1 is 1.38 bits per heavy atom. The van der Waals surface area contributed by atoms with Crippen LogP contribution in [0, 0.1) is 0 Å². The molecule has 0 radical (unpaired) electrons. The van der Waals surface area contributed by atoms with Gasteiger partial charge in [0, 0.05) is 9.64 Å². The predicted octanol–water partition coefficient (Wildman–Crippen LogP) is 3.89. The molecule has 1 aliphatic rings. The molecule has 0 saturated carbocycles. The lowest BCUT2D eigenvalue weighted by Gasteiger charge is -2.33. The second-order valence-electron chi connectivity index (χ2n) is 4.01. The van der Waals surface area contributed by atoms with Crippen LogP contribution >= 0.6 is 11.8 Å². The Hall–Kier alpha value is -0.430. The highest BCUT2D eigenvalue weighted by Gasteiger charge is 2.28. The van der Waals surface area contributed by atoms with E-state index in [4.69, 9.17) is 0 Å². The van der Waals surface area contributed by atoms with E-state index in [1.54, 1.807) is 5.56 Å². The molecule has 1 atom stereocenters. The molecular formula is C12H16S. The van der Waals surface area contributed by atoms with Gasteiger partial charge in [0.05, 0.1) is 0 Å². The van der Waals surface area contributed by atoms with E-state index in [0.717, 1.165) is 0 Å². The quantitative estimate of drug-likeness (QED) is 0.650. The summed E-state index contributed by atoms with van der Waals surface area (Å²) in [6, 6.07) is 8.81. The summed E-state index contributed by atoms with van der Waals surface area (Å²) in [4.78, 5) is 1.50. The number of benzene rings is 1. The summed E-state index contributed by atoms with van der Waals surface area (Å²) in [5.41, 5.74) is 1.54. The first-order chi connectivity index (χ1) is 6.23. The van der Waals surface area contributed by atoms with E-state index in [1.165, 1.54) is 24.2 Å². The average Bonchev–Trinajstić information content (AvgIpc) is 2.18. The highest BCUT2D eigenvalue weighted by atomic mass is 32.2. The number of aryl methyl sites for hydroxylation is 1. The van der Waals surface area contributed by atoms with Gasteiger partial charge in [0.2, 0.25) is 0 Å². The molecule has 1 unspecified atom stereocenters. The first-order valence-electron chi connectivity index (χ1n) is 5.00. The summed E-state index contributed by atoms with van der Waals surface area (Å²) in [6.45, 7) is 4.68. The molecule has 0 bridgehead atoms. The van der Waals surface area contributed by atoms with Crippen LogP contribution in [-0.4, -0.2) is 4.75 Å². The zero-order chi connectivity index (χ0) is 9.31. The second kappa shape index (κ2) is 3.38. The van der Waals surface area contributed by atoms with Crippen molar-refractivity contribution >= 4 is 11.8 Å². The highest BCUT2D eigenvalue weighted by molar-refractivity contribution is 8.00. The molecule has 1 aromatic rings. The van der Waals surface area contributed by atoms with Gasteiger partial charge in [-0.05, 0) is 30.9 Å². The first-order valence-corrected chi connectivity index (χ1v) is 5.82. The Morgan fingerprint density at radius 2 is 2.15 bits per heavy atom. The molecule has 0 nitrogen and oxygen atoms in total. The summed E-state index contributed by atoms with van der Waals surface area (Å²) in [7, 11) is 0. The van der Waals surface area contributed by atoms with Crippen molar-refractivity contribution in [1.82, 2.24) is 0 Å². The van der Waals surface area contributed by atoms with Crippen LogP contribution < -0.4 is 0 Å². The molecule has 1 heterocycles. The molecule has 0 spiro atoms. The van der Waals surface area contributed by atoms with Crippen molar-refractivity contribution in [2.75, 3.05) is 0 Å². The van der Waals surface area contributed by atoms with Gasteiger partial charge < -0.3 is 0 Å². The van der Waals surface area contributed by atoms with Crippen LogP contribution in [-0.2, 0) is 6.42 Å². The molecule has 0 saturated heterocycles. The van der Waals surface area contributed by atoms with Crippen molar-refractivity contribution in [2.24, 2.45) is 0 Å². The van der Waals surface area contributed by atoms with Gasteiger partial charge in [-0.1, -0.05) is 32.0 Å². The summed E-state index contributed by atoms with van der Waals surface area (Å²) in [5, 5.41) is 0. The van der Waals surface area contributed by atoms with Crippen molar-refractivity contribution in [3.8, 4) is 0 Å². The van der Waals surface area contributed by atoms with Crippen LogP contribution in [0.15, 0.2) is 29.2 Å². The molecule has 0 aromatic heterocycles. The Balaban J connectivity index is 2.29. The smallest absolute Gasteiger partial charge is 0.0179 e. The molecular weight excluding hydrogens is 176 g/mol. The van der Waals surface area contributed by atoms with Crippen LogP contribution in [0.3, 0.4) is 0 Å². The fourth-order valence-corrected chi connectivity index (χ4v) is 3.10. The molecule has 70 valence electrons. The maximum Gasteiger partial charge on any atom is 0.0179 e. The first kappa shape index (κ1) is 9.14. The van der Waals surface area contributed by atoms with Gasteiger partial charge in [-0.15, -0.1) is 11.8 Å². The topological polar surface area (TPSA) is 0 Å². The van der Waals surface area contributed by atoms with Gasteiger partial charge in [0.25, 0.3) is 0 Å². The lowest BCUT2D eigenvalue weighted by molar-refractivity contribution is 0.555. The van der Waals surface area contributed by atoms with Crippen molar-refractivity contribution in [3.05, 3.63) is 29.8 Å². The molecule has 2 rings (SSSR count). The van der Waals surface area contributed by atoms with Gasteiger partial charge in [-0.25, -0.2) is 0 Å². The highest BCUT2D eigenvalue weighted by Crippen LogP contribution is 2.44. The van der Waals surface area contributed by atoms with Crippen molar-refractivity contribution in [2.45, 2.75) is 42.8 Å². The second-order valence-corrected chi connectivity index (χ2v) is 5.64. The number of fused-ring (bicyclic) bond motifs is 1. The van der Waals surface area contributed by atoms with Gasteiger partial charge in [0.1, 0.15) is 0 Å². The van der Waals surface area contributed by atoms with Gasteiger partial charge in [-0.2, -0.15) is 0 Å². The Labute approximate surface area is 84.7 Å². The van der Waals surface area contributed by atoms with E-state index in [1.807, 2.05) is 0 Å². The minimum absolute atomic E-state index is 0.481. The molecule has 1 heteroatoms. The fourth-order valence-electron chi connectivity index (χ4n) is 1.77. The zero-order valence-corrected chi connectivity index (χ0v) is 9.16. The number of thioether (sulfide) groups is 1. The lowest BCUT2D eigenvalue weighted by atomic mass is 9.97. The van der Waals surface area contributed by atoms with Crippen molar-refractivity contribution in [1.29, 1.82) is 0 Å². The average molecular weight is 192 g/mol. The third kappa shape index (κ3) is 1.76. The summed E-state index contributed by atoms with van der Waals surface area (Å²) < 4.78 is 0.481. The normalized spacial score (nSPS) is 26.9. The van der Waals surface area contributed by atoms with Crippen LogP contribution in [0.25, 0.3) is 0 Å². The Kier molecular flexibility index (Phi) is 2.37. The van der Waals surface area contributed by atoms with Crippen LogP contribution in [0.5, 0.6) is 0 Å². The van der Waals surface area contributed by atoms with Gasteiger partial charge >= 0.3 is 0 Å². The molecule has 0 fully saturated rings. The standard InChI is InChI=1S/C12H16S/c1-3-12(2)9-8-10-6-4-5-7-11(10)13-12/h4-7H,3,8-9H2,1-2H3. The summed E-state index contributed by atoms with van der Waals surface area (Å²) in [6.07, 6.45) is 3.85. The van der Waals surface area contributed by atoms with E-state index in [9.17, 15) is 0 Å². The Bertz CT molecular complexity index is 306. The number of rotatable bonds is 1. The van der Waals surface area contributed by atoms with Gasteiger partial charge in [-0.3, -0.25) is 0 Å². The Morgan fingerprint density at radius 3 is 2.92 bits per heavy atom. The monoisotopic (exact) mass is 192 g/mol. The molecule has 1 aliphatic heterocycles. The van der Waals surface area contributed by atoms with E-state index in [-0.39, 0.29) is 0 Å². The zero-order valence-electron chi connectivity index (χ0n) is 8.34. The maximum absolute atomic E-state index is 2.38. The third-order valence-electron chi connectivity index (χ3n) is 3.00. The van der Waals surface area contributed by atoms with Crippen molar-refractivity contribution < 1.29 is 0 Å². The fraction of sp³-hybridized carbons (Fsp3) is 0.500. The molecule has 0 amide bonds. The molecule has 0 aliphatic carbocycles. The maximum atomic E-state index is 2.38. The number of hydrogen-bond acceptors (Lipinski definition) is 1. The van der Waals surface area contributed by atoms with Crippen LogP contribution in [0.1, 0.15) is 32.3 Å². The summed E-state index contributed by atoms with van der Waals surface area (Å²) in [5.74, 6) is 0. The molecule has 13 heavy (non-hydrogen) atoms. The largest absolute Gasteiger partial charge is 0.119 e. The van der Waals surface area contributed by atoms with Crippen LogP contribution in [0.2, 0.25) is 0 Å². The summed E-state index contributed by atoms with van der Waals surface area (Å²) >= 11 is 2.06. The predicted molar refractivity (Wildman–Crippen MR) is 59.3 cm³/mol. The number of hydrogen-bond donors (Lipinski definition) is 0. The third-order valence-corrected chi connectivity index (χ3v) is 4.60. The van der Waals surface area contributed by atoms with E-state index in [0.29, 0.717) is 4.75 Å². The molecule has 1 aromatic carbocycles. The lowest BCUT2D eigenvalue weighted by Crippen LogP contribution is -2.23. The van der Waals surface area contributed by atoms with Gasteiger partial charge in [0.15, 0.2) is 0 Å². The van der Waals surface area contributed by atoms with E-state index >= 15 is 0 Å². The minimum Gasteiger partial charge on any atom is -0.119 e. The van der Waals surface area contributed by atoms with Crippen molar-refractivity contribution in [3.63, 3.8) is 0 Å². The minimum atomic E-state index is 0.481. The SMILES string of the molecule is CCC1(C)CCc2ccccc2S1. The van der Waals surface area contributed by atoms with E-state index < -0.39 is 0 Å². The van der Waals surface area contributed by atoms with Crippen LogP contribution in [0.4, 0.5) is 0 Å².